The molecule has 0 amide bonds. The first kappa shape index (κ1) is 13.7. The van der Waals surface area contributed by atoms with Crippen LogP contribution in [0.15, 0.2) is 16.7 Å². The monoisotopic (exact) mass is 278 g/mol. The number of hydrogen-bond acceptors (Lipinski definition) is 8. The molecule has 20 heavy (non-hydrogen) atoms. The van der Waals surface area contributed by atoms with Gasteiger partial charge in [0, 0.05) is 20.0 Å². The van der Waals surface area contributed by atoms with E-state index < -0.39 is 4.92 Å². The van der Waals surface area contributed by atoms with Crippen LogP contribution >= 0.6 is 0 Å². The van der Waals surface area contributed by atoms with E-state index in [2.05, 4.69) is 25.8 Å². The van der Waals surface area contributed by atoms with E-state index in [4.69, 9.17) is 4.52 Å². The molecule has 0 saturated heterocycles. The molecule has 0 unspecified atom stereocenters. The predicted octanol–water partition coefficient (Wildman–Crippen LogP) is 1.38. The summed E-state index contributed by atoms with van der Waals surface area (Å²) in [5.74, 6) is 1.93. The van der Waals surface area contributed by atoms with Crippen LogP contribution < -0.4 is 10.6 Å². The van der Waals surface area contributed by atoms with Gasteiger partial charge in [0.05, 0.1) is 17.1 Å². The number of nitrogens with zero attached hydrogens (tertiary/aromatic N) is 4. The molecular weight excluding hydrogens is 264 g/mol. The van der Waals surface area contributed by atoms with Gasteiger partial charge in [-0.05, 0) is 6.92 Å². The molecule has 2 heterocycles. The maximum atomic E-state index is 10.8. The van der Waals surface area contributed by atoms with Crippen LogP contribution in [0.4, 0.5) is 17.3 Å². The van der Waals surface area contributed by atoms with Gasteiger partial charge in [-0.15, -0.1) is 0 Å². The highest BCUT2D eigenvalue weighted by atomic mass is 16.6. The maximum absolute atomic E-state index is 10.8. The molecule has 0 bridgehead atoms. The van der Waals surface area contributed by atoms with Crippen LogP contribution in [0.2, 0.25) is 0 Å². The Morgan fingerprint density at radius 3 is 2.70 bits per heavy atom. The second-order valence-corrected chi connectivity index (χ2v) is 4.02. The fourth-order valence-electron chi connectivity index (χ4n) is 1.58. The molecule has 0 fully saturated rings. The Labute approximate surface area is 114 Å². The van der Waals surface area contributed by atoms with Gasteiger partial charge in [-0.2, -0.15) is 4.98 Å². The van der Waals surface area contributed by atoms with E-state index in [0.717, 1.165) is 0 Å². The Morgan fingerprint density at radius 1 is 1.35 bits per heavy atom. The van der Waals surface area contributed by atoms with Crippen LogP contribution in [0.5, 0.6) is 0 Å². The number of aromatic nitrogens is 3. The van der Waals surface area contributed by atoms with Crippen molar-refractivity contribution in [3.8, 4) is 0 Å². The number of hydrogen-bond donors (Lipinski definition) is 2. The summed E-state index contributed by atoms with van der Waals surface area (Å²) >= 11 is 0. The summed E-state index contributed by atoms with van der Waals surface area (Å²) in [6, 6.07) is 2.74. The summed E-state index contributed by atoms with van der Waals surface area (Å²) in [6.45, 7) is 2.22. The smallest absolute Gasteiger partial charge is 0.276 e. The molecule has 2 N–H and O–H groups in total. The highest BCUT2D eigenvalue weighted by Crippen LogP contribution is 2.20. The predicted molar refractivity (Wildman–Crippen MR) is 71.7 cm³/mol. The second-order valence-electron chi connectivity index (χ2n) is 4.02. The van der Waals surface area contributed by atoms with Crippen molar-refractivity contribution in [1.82, 2.24) is 15.1 Å². The van der Waals surface area contributed by atoms with Gasteiger partial charge < -0.3 is 15.2 Å². The van der Waals surface area contributed by atoms with Crippen LogP contribution in [0.3, 0.4) is 0 Å². The van der Waals surface area contributed by atoms with E-state index in [0.29, 0.717) is 36.3 Å². The average molecular weight is 278 g/mol. The van der Waals surface area contributed by atoms with Crippen molar-refractivity contribution < 1.29 is 9.45 Å². The molecule has 0 spiro atoms. The molecule has 0 saturated carbocycles. The van der Waals surface area contributed by atoms with E-state index in [9.17, 15) is 10.1 Å². The lowest BCUT2D eigenvalue weighted by atomic mass is 10.3. The first-order valence-corrected chi connectivity index (χ1v) is 5.96. The first-order valence-electron chi connectivity index (χ1n) is 5.96. The maximum Gasteiger partial charge on any atom is 0.276 e. The summed E-state index contributed by atoms with van der Waals surface area (Å²) in [5.41, 5.74) is -0.0273. The van der Waals surface area contributed by atoms with Crippen molar-refractivity contribution in [3.05, 3.63) is 34.0 Å². The Balaban J connectivity index is 2.01. The van der Waals surface area contributed by atoms with Crippen molar-refractivity contribution >= 4 is 17.3 Å². The van der Waals surface area contributed by atoms with E-state index in [1.54, 1.807) is 14.0 Å². The van der Waals surface area contributed by atoms with Crippen molar-refractivity contribution in [2.75, 3.05) is 24.2 Å². The first-order chi connectivity index (χ1) is 9.58. The van der Waals surface area contributed by atoms with Gasteiger partial charge in [0.1, 0.15) is 11.6 Å². The van der Waals surface area contributed by atoms with Gasteiger partial charge in [-0.25, -0.2) is 4.98 Å². The molecule has 2 rings (SSSR count). The summed E-state index contributed by atoms with van der Waals surface area (Å²) in [6.07, 6.45) is 0.514. The number of aryl methyl sites for hydroxylation is 1. The van der Waals surface area contributed by atoms with Crippen molar-refractivity contribution in [2.24, 2.45) is 0 Å². The molecular formula is C11H14N6O3. The minimum absolute atomic E-state index is 0.0273. The van der Waals surface area contributed by atoms with Gasteiger partial charge in [0.15, 0.2) is 5.82 Å². The second kappa shape index (κ2) is 5.95. The molecule has 0 aliphatic carbocycles. The molecule has 106 valence electrons. The lowest BCUT2D eigenvalue weighted by Gasteiger charge is -2.06. The lowest BCUT2D eigenvalue weighted by Crippen LogP contribution is -2.08. The zero-order chi connectivity index (χ0) is 14.5. The van der Waals surface area contributed by atoms with Gasteiger partial charge in [-0.1, -0.05) is 5.16 Å². The zero-order valence-corrected chi connectivity index (χ0v) is 11.1. The van der Waals surface area contributed by atoms with E-state index >= 15 is 0 Å². The van der Waals surface area contributed by atoms with E-state index in [-0.39, 0.29) is 5.69 Å². The van der Waals surface area contributed by atoms with Crippen LogP contribution in [0.25, 0.3) is 0 Å². The summed E-state index contributed by atoms with van der Waals surface area (Å²) < 4.78 is 4.97. The van der Waals surface area contributed by atoms with E-state index in [1.165, 1.54) is 12.1 Å². The van der Waals surface area contributed by atoms with Crippen LogP contribution in [0.1, 0.15) is 11.7 Å². The lowest BCUT2D eigenvalue weighted by molar-refractivity contribution is -0.384. The van der Waals surface area contributed by atoms with Gasteiger partial charge >= 0.3 is 0 Å². The minimum atomic E-state index is -0.463. The SMILES string of the molecule is CNc1cc([N+](=O)[O-])cc(NCCc2nc(C)no2)n1. The van der Waals surface area contributed by atoms with Crippen molar-refractivity contribution in [1.29, 1.82) is 0 Å². The molecule has 9 heteroatoms. The molecule has 0 radical (unpaired) electrons. The van der Waals surface area contributed by atoms with E-state index in [1.807, 2.05) is 0 Å². The Kier molecular flexibility index (Phi) is 4.08. The standard InChI is InChI=1S/C11H14N6O3/c1-7-14-11(20-16-7)3-4-13-10-6-8(17(18)19)5-9(12-2)15-10/h5-6H,3-4H2,1-2H3,(H2,12,13,15). The summed E-state index contributed by atoms with van der Waals surface area (Å²) in [4.78, 5) is 18.6. The highest BCUT2D eigenvalue weighted by molar-refractivity contribution is 5.54. The third kappa shape index (κ3) is 3.40. The highest BCUT2D eigenvalue weighted by Gasteiger charge is 2.10. The number of pyridine rings is 1. The minimum Gasteiger partial charge on any atom is -0.373 e. The van der Waals surface area contributed by atoms with Crippen LogP contribution in [-0.4, -0.2) is 33.6 Å². The molecule has 0 aliphatic rings. The van der Waals surface area contributed by atoms with Gasteiger partial charge in [0.25, 0.3) is 5.69 Å². The topological polar surface area (TPSA) is 119 Å². The largest absolute Gasteiger partial charge is 0.373 e. The third-order valence-corrected chi connectivity index (χ3v) is 2.49. The number of nitrogens with one attached hydrogen (secondary N) is 2. The quantitative estimate of drug-likeness (QED) is 0.600. The van der Waals surface area contributed by atoms with Crippen LogP contribution in [0, 0.1) is 17.0 Å². The fraction of sp³-hybridized carbons (Fsp3) is 0.364. The third-order valence-electron chi connectivity index (χ3n) is 2.49. The average Bonchev–Trinajstić information content (AvgIpc) is 2.84. The Hall–Kier alpha value is -2.71. The number of nitro groups is 1. The molecule has 0 atom stereocenters. The fourth-order valence-corrected chi connectivity index (χ4v) is 1.58. The number of rotatable bonds is 6. The molecule has 2 aromatic heterocycles. The molecule has 0 aliphatic heterocycles. The Bertz CT molecular complexity index is 612. The van der Waals surface area contributed by atoms with Crippen molar-refractivity contribution in [2.45, 2.75) is 13.3 Å². The molecule has 9 nitrogen and oxygen atoms in total. The Morgan fingerprint density at radius 2 is 2.10 bits per heavy atom. The van der Waals surface area contributed by atoms with Gasteiger partial charge in [-0.3, -0.25) is 10.1 Å². The zero-order valence-electron chi connectivity index (χ0n) is 11.1. The van der Waals surface area contributed by atoms with Crippen molar-refractivity contribution in [3.63, 3.8) is 0 Å². The molecule has 2 aromatic rings. The number of anilines is 2. The molecule has 0 aromatic carbocycles. The summed E-state index contributed by atoms with van der Waals surface area (Å²) in [5, 5.41) is 20.3. The normalized spacial score (nSPS) is 10.3. The summed E-state index contributed by atoms with van der Waals surface area (Å²) in [7, 11) is 1.65. The van der Waals surface area contributed by atoms with Gasteiger partial charge in [0.2, 0.25) is 5.89 Å². The van der Waals surface area contributed by atoms with Crippen LogP contribution in [-0.2, 0) is 6.42 Å².